The molecule has 9 nitrogen and oxygen atoms in total. The Morgan fingerprint density at radius 2 is 1.92 bits per heavy atom. The third kappa shape index (κ3) is 4.15. The number of carbonyl (C=O) groups is 2. The number of thiazole rings is 1. The monoisotopic (exact) mass is 549 g/mol. The maximum atomic E-state index is 15.4. The lowest BCUT2D eigenvalue weighted by atomic mass is 10.1. The number of benzene rings is 1. The summed E-state index contributed by atoms with van der Waals surface area (Å²) in [5, 5.41) is 2.99. The number of morpholine rings is 1. The van der Waals surface area contributed by atoms with E-state index in [1.807, 2.05) is 34.1 Å². The molecule has 3 fully saturated rings. The van der Waals surface area contributed by atoms with Gasteiger partial charge in [0, 0.05) is 38.1 Å². The molecular weight excluding hydrogens is 521 g/mol. The van der Waals surface area contributed by atoms with Gasteiger partial charge in [0.1, 0.15) is 10.4 Å². The Bertz CT molecular complexity index is 1690. The van der Waals surface area contributed by atoms with Crippen molar-refractivity contribution in [2.75, 3.05) is 44.3 Å². The standard InChI is InChI=1S/C28H28FN5O4S/c29-19-14-18-23(35)22(26(36)30-15-17-4-3-9-33(17)27(37)16-7-8-16)28-34(20-5-1-2-6-21(20)39-28)24(18)31-25(19)32-10-12-38-13-11-32/h1-2,5-6,14,16-17H,3-4,7-13,15H2,(H,30,36). The fraction of sp³-hybridized carbons (Fsp3) is 0.429. The summed E-state index contributed by atoms with van der Waals surface area (Å²) in [6.45, 7) is 2.92. The van der Waals surface area contributed by atoms with E-state index >= 15 is 4.39 Å². The van der Waals surface area contributed by atoms with Crippen LogP contribution in [-0.4, -0.2) is 71.5 Å². The minimum atomic E-state index is -0.604. The first-order chi connectivity index (χ1) is 19.0. The minimum Gasteiger partial charge on any atom is -0.378 e. The van der Waals surface area contributed by atoms with Gasteiger partial charge in [0.15, 0.2) is 17.3 Å². The number of aromatic nitrogens is 2. The fourth-order valence-electron chi connectivity index (χ4n) is 5.80. The van der Waals surface area contributed by atoms with Gasteiger partial charge >= 0.3 is 0 Å². The summed E-state index contributed by atoms with van der Waals surface area (Å²) in [6.07, 6.45) is 3.58. The first-order valence-corrected chi connectivity index (χ1v) is 14.3. The van der Waals surface area contributed by atoms with Crippen molar-refractivity contribution in [2.24, 2.45) is 5.92 Å². The molecule has 1 aliphatic carbocycles. The number of ether oxygens (including phenoxy) is 1. The molecule has 5 heterocycles. The minimum absolute atomic E-state index is 0.0258. The van der Waals surface area contributed by atoms with Crippen LogP contribution in [0.5, 0.6) is 0 Å². The lowest BCUT2D eigenvalue weighted by Gasteiger charge is -2.28. The van der Waals surface area contributed by atoms with Gasteiger partial charge in [0.25, 0.3) is 5.91 Å². The number of likely N-dealkylation sites (tertiary alicyclic amines) is 1. The van der Waals surface area contributed by atoms with E-state index < -0.39 is 17.2 Å². The number of carbonyl (C=O) groups excluding carboxylic acids is 2. The van der Waals surface area contributed by atoms with Crippen LogP contribution in [0.3, 0.4) is 0 Å². The van der Waals surface area contributed by atoms with E-state index in [1.165, 1.54) is 17.4 Å². The topological polar surface area (TPSA) is 96.2 Å². The van der Waals surface area contributed by atoms with Gasteiger partial charge in [-0.05, 0) is 43.9 Å². The van der Waals surface area contributed by atoms with E-state index in [2.05, 4.69) is 10.3 Å². The second-order valence-corrected chi connectivity index (χ2v) is 11.5. The highest BCUT2D eigenvalue weighted by Crippen LogP contribution is 2.34. The van der Waals surface area contributed by atoms with Crippen LogP contribution in [0.15, 0.2) is 35.1 Å². The van der Waals surface area contributed by atoms with Crippen molar-refractivity contribution >= 4 is 55.0 Å². The smallest absolute Gasteiger partial charge is 0.258 e. The molecule has 2 saturated heterocycles. The molecule has 4 aromatic rings. The molecule has 1 atom stereocenters. The van der Waals surface area contributed by atoms with Crippen LogP contribution in [0, 0.1) is 11.7 Å². The van der Waals surface area contributed by atoms with E-state index in [1.54, 1.807) is 4.40 Å². The molecule has 0 bridgehead atoms. The van der Waals surface area contributed by atoms with Crippen LogP contribution >= 0.6 is 11.3 Å². The maximum Gasteiger partial charge on any atom is 0.258 e. The normalized spacial score (nSPS) is 19.9. The zero-order valence-electron chi connectivity index (χ0n) is 21.3. The molecule has 2 amide bonds. The van der Waals surface area contributed by atoms with Crippen LogP contribution in [-0.2, 0) is 9.53 Å². The van der Waals surface area contributed by atoms with Gasteiger partial charge in [0.05, 0.1) is 28.8 Å². The van der Waals surface area contributed by atoms with E-state index in [4.69, 9.17) is 4.74 Å². The van der Waals surface area contributed by atoms with Gasteiger partial charge in [-0.15, -0.1) is 11.3 Å². The first kappa shape index (κ1) is 24.5. The van der Waals surface area contributed by atoms with Crippen molar-refractivity contribution in [3.8, 4) is 0 Å². The number of rotatable bonds is 5. The number of anilines is 1. The van der Waals surface area contributed by atoms with Crippen molar-refractivity contribution in [1.29, 1.82) is 0 Å². The molecule has 1 aromatic carbocycles. The number of fused-ring (bicyclic) bond motifs is 5. The number of halogens is 1. The Morgan fingerprint density at radius 1 is 1.13 bits per heavy atom. The van der Waals surface area contributed by atoms with Crippen LogP contribution in [0.1, 0.15) is 36.0 Å². The number of nitrogens with one attached hydrogen (secondary N) is 1. The molecular formula is C28H28FN5O4S. The van der Waals surface area contributed by atoms with Crippen LogP contribution in [0.25, 0.3) is 26.1 Å². The summed E-state index contributed by atoms with van der Waals surface area (Å²) in [5.41, 5.74) is 0.540. The summed E-state index contributed by atoms with van der Waals surface area (Å²) < 4.78 is 23.5. The average Bonchev–Trinajstić information content (AvgIpc) is 3.58. The van der Waals surface area contributed by atoms with Gasteiger partial charge in [-0.3, -0.25) is 18.8 Å². The molecule has 7 rings (SSSR count). The lowest BCUT2D eigenvalue weighted by Crippen LogP contribution is -2.44. The summed E-state index contributed by atoms with van der Waals surface area (Å²) >= 11 is 1.34. The molecule has 1 unspecified atom stereocenters. The van der Waals surface area contributed by atoms with Crippen LogP contribution in [0.2, 0.25) is 0 Å². The van der Waals surface area contributed by atoms with Crippen molar-refractivity contribution in [3.63, 3.8) is 0 Å². The number of para-hydroxylation sites is 1. The van der Waals surface area contributed by atoms with E-state index in [0.29, 0.717) is 43.3 Å². The Morgan fingerprint density at radius 3 is 2.72 bits per heavy atom. The van der Waals surface area contributed by atoms with Gasteiger partial charge in [-0.1, -0.05) is 12.1 Å². The third-order valence-corrected chi connectivity index (χ3v) is 9.12. The van der Waals surface area contributed by atoms with E-state index in [9.17, 15) is 14.4 Å². The fourth-order valence-corrected chi connectivity index (χ4v) is 6.98. The molecule has 1 N–H and O–H groups in total. The largest absolute Gasteiger partial charge is 0.378 e. The molecule has 3 aliphatic rings. The zero-order chi connectivity index (χ0) is 26.7. The highest BCUT2D eigenvalue weighted by Gasteiger charge is 2.38. The van der Waals surface area contributed by atoms with E-state index in [0.717, 1.165) is 35.9 Å². The second kappa shape index (κ2) is 9.56. The Kier molecular flexibility index (Phi) is 6.00. The quantitative estimate of drug-likeness (QED) is 0.411. The first-order valence-electron chi connectivity index (χ1n) is 13.5. The van der Waals surface area contributed by atoms with Crippen molar-refractivity contribution < 1.29 is 18.7 Å². The molecule has 2 aliphatic heterocycles. The molecule has 11 heteroatoms. The second-order valence-electron chi connectivity index (χ2n) is 10.5. The van der Waals surface area contributed by atoms with Crippen molar-refractivity contribution in [1.82, 2.24) is 19.6 Å². The number of nitrogens with zero attached hydrogens (tertiary/aromatic N) is 4. The Hall–Kier alpha value is -3.57. The third-order valence-electron chi connectivity index (χ3n) is 7.97. The summed E-state index contributed by atoms with van der Waals surface area (Å²) in [4.78, 5) is 48.9. The average molecular weight is 550 g/mol. The van der Waals surface area contributed by atoms with Crippen molar-refractivity contribution in [2.45, 2.75) is 31.7 Å². The highest BCUT2D eigenvalue weighted by molar-refractivity contribution is 7.24. The molecule has 39 heavy (non-hydrogen) atoms. The molecule has 1 saturated carbocycles. The maximum absolute atomic E-state index is 15.4. The molecule has 202 valence electrons. The zero-order valence-corrected chi connectivity index (χ0v) is 22.1. The molecule has 3 aromatic heterocycles. The van der Waals surface area contributed by atoms with E-state index in [-0.39, 0.29) is 41.2 Å². The van der Waals surface area contributed by atoms with Gasteiger partial charge < -0.3 is 19.9 Å². The number of pyridine rings is 2. The van der Waals surface area contributed by atoms with Gasteiger partial charge in [-0.2, -0.15) is 0 Å². The predicted octanol–water partition coefficient (Wildman–Crippen LogP) is 3.17. The summed E-state index contributed by atoms with van der Waals surface area (Å²) in [6, 6.07) is 8.74. The number of hydrogen-bond donors (Lipinski definition) is 1. The SMILES string of the molecule is O=C(NCC1CCCN1C(=O)C1CC1)c1c(=O)c2cc(F)c(N3CCOCC3)nc2n2c1sc1ccccc12. The molecule has 0 radical (unpaired) electrons. The summed E-state index contributed by atoms with van der Waals surface area (Å²) in [7, 11) is 0. The van der Waals surface area contributed by atoms with Gasteiger partial charge in [-0.25, -0.2) is 9.37 Å². The molecule has 0 spiro atoms. The van der Waals surface area contributed by atoms with Gasteiger partial charge in [0.2, 0.25) is 11.3 Å². The van der Waals surface area contributed by atoms with Crippen LogP contribution in [0.4, 0.5) is 10.2 Å². The Labute approximate surface area is 227 Å². The lowest BCUT2D eigenvalue weighted by molar-refractivity contribution is -0.133. The van der Waals surface area contributed by atoms with Crippen molar-refractivity contribution in [3.05, 3.63) is 51.9 Å². The number of amides is 2. The van der Waals surface area contributed by atoms with Crippen LogP contribution < -0.4 is 15.6 Å². The highest BCUT2D eigenvalue weighted by atomic mass is 32.1. The Balaban J connectivity index is 1.32. The number of hydrogen-bond acceptors (Lipinski definition) is 7. The predicted molar refractivity (Wildman–Crippen MR) is 147 cm³/mol. The summed E-state index contributed by atoms with van der Waals surface area (Å²) in [5.74, 6) is -0.661.